The minimum absolute atomic E-state index is 0.0205. The number of hydrogen-bond donors (Lipinski definition) is 0. The van der Waals surface area contributed by atoms with E-state index in [0.717, 1.165) is 48.7 Å². The Labute approximate surface area is 147 Å². The lowest BCUT2D eigenvalue weighted by Crippen LogP contribution is -2.38. The molecule has 0 N–H and O–H groups in total. The molecule has 1 saturated heterocycles. The van der Waals surface area contributed by atoms with E-state index in [4.69, 9.17) is 0 Å². The molecule has 4 rings (SSSR count). The Hall–Kier alpha value is -2.63. The highest BCUT2D eigenvalue weighted by molar-refractivity contribution is 5.93. The number of fused-ring (bicyclic) bond motifs is 1. The van der Waals surface area contributed by atoms with Crippen LogP contribution in [0.25, 0.3) is 5.65 Å². The van der Waals surface area contributed by atoms with Gasteiger partial charge in [0.2, 0.25) is 0 Å². The van der Waals surface area contributed by atoms with Gasteiger partial charge in [-0.05, 0) is 51.8 Å². The smallest absolute Gasteiger partial charge is 0.274 e. The minimum atomic E-state index is 0.0205. The Morgan fingerprint density at radius 3 is 2.80 bits per heavy atom. The molecule has 6 nitrogen and oxygen atoms in total. The van der Waals surface area contributed by atoms with E-state index < -0.39 is 0 Å². The molecule has 4 heterocycles. The van der Waals surface area contributed by atoms with Crippen molar-refractivity contribution in [2.45, 2.75) is 46.2 Å². The number of hydrogen-bond acceptors (Lipinski definition) is 3. The van der Waals surface area contributed by atoms with Crippen LogP contribution in [0, 0.1) is 20.8 Å². The molecule has 0 spiro atoms. The lowest BCUT2D eigenvalue weighted by atomic mass is 10.2. The van der Waals surface area contributed by atoms with E-state index in [1.165, 1.54) is 0 Å². The molecule has 1 amide bonds. The third kappa shape index (κ3) is 2.81. The standard InChI is InChI=1S/C19H23N5O/c1-13-10-15(3)24(21-13)11-16-7-5-9-22(16)19(25)17-12-23-14(2)6-4-8-18(23)20-17/h4,6,8,10,12,16H,5,7,9,11H2,1-3H3/t16-/m0/s1. The molecule has 1 atom stereocenters. The molecule has 130 valence electrons. The van der Waals surface area contributed by atoms with E-state index in [9.17, 15) is 4.79 Å². The molecule has 0 bridgehead atoms. The number of aromatic nitrogens is 4. The van der Waals surface area contributed by atoms with Crippen LogP contribution in [0.1, 0.15) is 40.4 Å². The number of carbonyl (C=O) groups is 1. The highest BCUT2D eigenvalue weighted by atomic mass is 16.2. The topological polar surface area (TPSA) is 55.4 Å². The van der Waals surface area contributed by atoms with Crippen molar-refractivity contribution in [3.05, 3.63) is 53.2 Å². The Bertz CT molecular complexity index is 939. The zero-order valence-corrected chi connectivity index (χ0v) is 14.9. The average Bonchev–Trinajstić information content (AvgIpc) is 3.27. The fourth-order valence-corrected chi connectivity index (χ4v) is 3.75. The first kappa shape index (κ1) is 15.9. The number of likely N-dealkylation sites (tertiary alicyclic amines) is 1. The van der Waals surface area contributed by atoms with Crippen molar-refractivity contribution in [2.75, 3.05) is 6.54 Å². The third-order valence-electron chi connectivity index (χ3n) is 5.04. The summed E-state index contributed by atoms with van der Waals surface area (Å²) in [6.07, 6.45) is 3.89. The van der Waals surface area contributed by atoms with Crippen molar-refractivity contribution in [3.8, 4) is 0 Å². The van der Waals surface area contributed by atoms with Gasteiger partial charge in [-0.2, -0.15) is 5.10 Å². The molecule has 0 saturated carbocycles. The first-order valence-electron chi connectivity index (χ1n) is 8.79. The molecule has 3 aromatic heterocycles. The molecule has 0 aliphatic carbocycles. The van der Waals surface area contributed by atoms with Gasteiger partial charge in [0.05, 0.1) is 18.3 Å². The van der Waals surface area contributed by atoms with Gasteiger partial charge in [-0.15, -0.1) is 0 Å². The van der Waals surface area contributed by atoms with Crippen LogP contribution in [0.3, 0.4) is 0 Å². The molecular weight excluding hydrogens is 314 g/mol. The quantitative estimate of drug-likeness (QED) is 0.738. The maximum Gasteiger partial charge on any atom is 0.274 e. The van der Waals surface area contributed by atoms with E-state index in [1.807, 2.05) is 52.2 Å². The number of amides is 1. The van der Waals surface area contributed by atoms with Crippen LogP contribution in [0.4, 0.5) is 0 Å². The van der Waals surface area contributed by atoms with Crippen LogP contribution < -0.4 is 0 Å². The van der Waals surface area contributed by atoms with Crippen LogP contribution in [0.2, 0.25) is 0 Å². The molecule has 0 radical (unpaired) electrons. The fourth-order valence-electron chi connectivity index (χ4n) is 3.75. The van der Waals surface area contributed by atoms with Crippen molar-refractivity contribution in [1.82, 2.24) is 24.1 Å². The highest BCUT2D eigenvalue weighted by Gasteiger charge is 2.31. The number of imidazole rings is 1. The van der Waals surface area contributed by atoms with E-state index in [1.54, 1.807) is 0 Å². The summed E-state index contributed by atoms with van der Waals surface area (Å²) in [4.78, 5) is 19.5. The van der Waals surface area contributed by atoms with Gasteiger partial charge in [-0.25, -0.2) is 4.98 Å². The summed E-state index contributed by atoms with van der Waals surface area (Å²) in [5.41, 5.74) is 4.57. The summed E-state index contributed by atoms with van der Waals surface area (Å²) in [6.45, 7) is 7.62. The number of aryl methyl sites for hydroxylation is 3. The fraction of sp³-hybridized carbons (Fsp3) is 0.421. The number of rotatable bonds is 3. The maximum atomic E-state index is 13.0. The van der Waals surface area contributed by atoms with Crippen molar-refractivity contribution in [3.63, 3.8) is 0 Å². The lowest BCUT2D eigenvalue weighted by Gasteiger charge is -2.24. The van der Waals surface area contributed by atoms with Crippen LogP contribution in [-0.4, -0.2) is 42.6 Å². The first-order valence-corrected chi connectivity index (χ1v) is 8.79. The van der Waals surface area contributed by atoms with Crippen LogP contribution in [0.15, 0.2) is 30.5 Å². The van der Waals surface area contributed by atoms with Crippen LogP contribution in [0.5, 0.6) is 0 Å². The second kappa shape index (κ2) is 6.02. The van der Waals surface area contributed by atoms with E-state index in [0.29, 0.717) is 5.69 Å². The summed E-state index contributed by atoms with van der Waals surface area (Å²) in [5.74, 6) is 0.0205. The molecule has 0 aromatic carbocycles. The Morgan fingerprint density at radius 2 is 2.08 bits per heavy atom. The summed E-state index contributed by atoms with van der Waals surface area (Å²) in [7, 11) is 0. The minimum Gasteiger partial charge on any atom is -0.332 e. The van der Waals surface area contributed by atoms with Crippen LogP contribution in [-0.2, 0) is 6.54 Å². The second-order valence-electron chi connectivity index (χ2n) is 6.93. The van der Waals surface area contributed by atoms with E-state index in [2.05, 4.69) is 23.1 Å². The summed E-state index contributed by atoms with van der Waals surface area (Å²) >= 11 is 0. The molecule has 6 heteroatoms. The summed E-state index contributed by atoms with van der Waals surface area (Å²) in [6, 6.07) is 8.17. The number of pyridine rings is 1. The van der Waals surface area contributed by atoms with Gasteiger partial charge in [-0.1, -0.05) is 6.07 Å². The van der Waals surface area contributed by atoms with E-state index in [-0.39, 0.29) is 11.9 Å². The van der Waals surface area contributed by atoms with Gasteiger partial charge in [0.15, 0.2) is 0 Å². The molecule has 1 fully saturated rings. The van der Waals surface area contributed by atoms with Crippen molar-refractivity contribution in [1.29, 1.82) is 0 Å². The van der Waals surface area contributed by atoms with Crippen molar-refractivity contribution >= 4 is 11.6 Å². The lowest BCUT2D eigenvalue weighted by molar-refractivity contribution is 0.0716. The van der Waals surface area contributed by atoms with Gasteiger partial charge >= 0.3 is 0 Å². The predicted octanol–water partition coefficient (Wildman–Crippen LogP) is 2.76. The molecule has 1 aliphatic heterocycles. The molecule has 0 unspecified atom stereocenters. The molecule has 1 aliphatic rings. The average molecular weight is 337 g/mol. The molecular formula is C19H23N5O. The Morgan fingerprint density at radius 1 is 1.24 bits per heavy atom. The number of nitrogens with zero attached hydrogens (tertiary/aromatic N) is 5. The van der Waals surface area contributed by atoms with Gasteiger partial charge in [0.25, 0.3) is 5.91 Å². The van der Waals surface area contributed by atoms with Crippen molar-refractivity contribution in [2.24, 2.45) is 0 Å². The predicted molar refractivity (Wildman–Crippen MR) is 95.7 cm³/mol. The number of carbonyl (C=O) groups excluding carboxylic acids is 1. The maximum absolute atomic E-state index is 13.0. The third-order valence-corrected chi connectivity index (χ3v) is 5.04. The van der Waals surface area contributed by atoms with Crippen LogP contribution >= 0.6 is 0 Å². The van der Waals surface area contributed by atoms with E-state index >= 15 is 0 Å². The Kier molecular flexibility index (Phi) is 3.82. The second-order valence-corrected chi connectivity index (χ2v) is 6.93. The summed E-state index contributed by atoms with van der Waals surface area (Å²) < 4.78 is 3.98. The van der Waals surface area contributed by atoms with Gasteiger partial charge in [0, 0.05) is 24.1 Å². The summed E-state index contributed by atoms with van der Waals surface area (Å²) in [5, 5.41) is 4.55. The van der Waals surface area contributed by atoms with Gasteiger partial charge in [-0.3, -0.25) is 9.48 Å². The monoisotopic (exact) mass is 337 g/mol. The molecule has 25 heavy (non-hydrogen) atoms. The SMILES string of the molecule is Cc1cc(C)n(C[C@@H]2CCCN2C(=O)c2cn3c(C)cccc3n2)n1. The zero-order valence-electron chi connectivity index (χ0n) is 14.9. The normalized spacial score (nSPS) is 17.6. The van der Waals surface area contributed by atoms with Crippen molar-refractivity contribution < 1.29 is 4.79 Å². The van der Waals surface area contributed by atoms with Gasteiger partial charge < -0.3 is 9.30 Å². The van der Waals surface area contributed by atoms with Gasteiger partial charge in [0.1, 0.15) is 11.3 Å². The molecule has 3 aromatic rings. The Balaban J connectivity index is 1.59. The largest absolute Gasteiger partial charge is 0.332 e. The zero-order chi connectivity index (χ0) is 17.6. The first-order chi connectivity index (χ1) is 12.0. The highest BCUT2D eigenvalue weighted by Crippen LogP contribution is 2.22.